The van der Waals surface area contributed by atoms with Crippen molar-refractivity contribution in [3.05, 3.63) is 24.4 Å². The van der Waals surface area contributed by atoms with Crippen LogP contribution in [0.25, 0.3) is 0 Å². The van der Waals surface area contributed by atoms with Gasteiger partial charge in [-0.25, -0.2) is 31.1 Å². The number of fused-ring (bicyclic) bond motifs is 1. The Morgan fingerprint density at radius 2 is 1.84 bits per heavy atom. The number of methoxy groups -OCH3 is 1. The summed E-state index contributed by atoms with van der Waals surface area (Å²) >= 11 is 0. The Bertz CT molecular complexity index is 1660. The summed E-state index contributed by atoms with van der Waals surface area (Å²) in [5.74, 6) is -1.27. The summed E-state index contributed by atoms with van der Waals surface area (Å²) in [7, 11) is -7.15. The predicted molar refractivity (Wildman–Crippen MR) is 151 cm³/mol. The average molecular weight is 684 g/mol. The van der Waals surface area contributed by atoms with Crippen LogP contribution >= 0.6 is 0 Å². The van der Waals surface area contributed by atoms with Gasteiger partial charge in [-0.1, -0.05) is 0 Å². The maximum absolute atomic E-state index is 14.2. The van der Waals surface area contributed by atoms with Crippen molar-refractivity contribution in [3.8, 4) is 11.6 Å². The number of anilines is 2. The second-order valence-electron chi connectivity index (χ2n) is 10.6. The van der Waals surface area contributed by atoms with Crippen LogP contribution in [0, 0.1) is 0 Å². The molecule has 1 fully saturated rings. The molecule has 1 aliphatic carbocycles. The van der Waals surface area contributed by atoms with Crippen molar-refractivity contribution in [3.63, 3.8) is 0 Å². The van der Waals surface area contributed by atoms with Gasteiger partial charge >= 0.3 is 18.2 Å². The summed E-state index contributed by atoms with van der Waals surface area (Å²) in [5.41, 5.74) is -3.11. The Labute approximate surface area is 257 Å². The average Bonchev–Trinajstić information content (AvgIpc) is 3.74. The maximum atomic E-state index is 14.2. The van der Waals surface area contributed by atoms with Crippen molar-refractivity contribution in [2.45, 2.75) is 68.2 Å². The highest BCUT2D eigenvalue weighted by molar-refractivity contribution is 7.93. The first-order chi connectivity index (χ1) is 20.9. The molecular formula is C25H32F3N5O10S2. The summed E-state index contributed by atoms with van der Waals surface area (Å²) < 4.78 is 118. The Balaban J connectivity index is 1.69. The highest BCUT2D eigenvalue weighted by Crippen LogP contribution is 2.41. The van der Waals surface area contributed by atoms with Gasteiger partial charge in [0.1, 0.15) is 11.9 Å². The summed E-state index contributed by atoms with van der Waals surface area (Å²) in [4.78, 5) is 23.6. The van der Waals surface area contributed by atoms with E-state index in [4.69, 9.17) is 9.47 Å². The first-order valence-electron chi connectivity index (χ1n) is 13.5. The zero-order valence-electron chi connectivity index (χ0n) is 24.6. The number of amides is 1. The van der Waals surface area contributed by atoms with Crippen molar-refractivity contribution in [2.24, 2.45) is 0 Å². The lowest BCUT2D eigenvalue weighted by atomic mass is 10.1. The third kappa shape index (κ3) is 7.72. The highest BCUT2D eigenvalue weighted by atomic mass is 32.2. The number of nitrogens with one attached hydrogen (secondary N) is 2. The zero-order chi connectivity index (χ0) is 33.4. The van der Waals surface area contributed by atoms with E-state index >= 15 is 0 Å². The monoisotopic (exact) mass is 683 g/mol. The number of sulfonamides is 2. The fourth-order valence-electron chi connectivity index (χ4n) is 3.99. The highest BCUT2D eigenvalue weighted by Gasteiger charge is 2.51. The summed E-state index contributed by atoms with van der Waals surface area (Å²) in [6.07, 6.45) is -5.20. The Hall–Kier alpha value is -3.78. The maximum Gasteiger partial charge on any atom is 0.427 e. The zero-order valence-corrected chi connectivity index (χ0v) is 26.2. The normalized spacial score (nSPS) is 17.2. The van der Waals surface area contributed by atoms with Crippen molar-refractivity contribution in [1.29, 1.82) is 0 Å². The number of rotatable bonds is 12. The number of halogens is 3. The number of alkyl halides is 3. The minimum absolute atomic E-state index is 0.0464. The minimum atomic E-state index is -4.87. The van der Waals surface area contributed by atoms with Crippen molar-refractivity contribution >= 4 is 43.5 Å². The Morgan fingerprint density at radius 1 is 1.16 bits per heavy atom. The molecule has 0 radical (unpaired) electrons. The molecule has 15 nitrogen and oxygen atoms in total. The third-order valence-corrected chi connectivity index (χ3v) is 10.5. The van der Waals surface area contributed by atoms with Gasteiger partial charge in [-0.05, 0) is 51.8 Å². The first kappa shape index (κ1) is 34.1. The molecule has 4 rings (SSSR count). The molecule has 20 heteroatoms. The number of hydrogen-bond acceptors (Lipinski definition) is 11. The van der Waals surface area contributed by atoms with Gasteiger partial charge in [-0.3, -0.25) is 14.3 Å². The molecule has 2 N–H and O–H groups in total. The van der Waals surface area contributed by atoms with Gasteiger partial charge in [-0.15, -0.1) is 5.10 Å². The van der Waals surface area contributed by atoms with Crippen LogP contribution in [-0.4, -0.2) is 88.6 Å². The van der Waals surface area contributed by atoms with Crippen LogP contribution < -0.4 is 23.8 Å². The van der Waals surface area contributed by atoms with Crippen molar-refractivity contribution in [2.75, 3.05) is 36.4 Å². The van der Waals surface area contributed by atoms with Crippen LogP contribution in [0.3, 0.4) is 0 Å². The molecule has 1 atom stereocenters. The summed E-state index contributed by atoms with van der Waals surface area (Å²) in [6, 6.07) is 3.63. The number of hydrogen-bond donors (Lipinski definition) is 2. The fourth-order valence-corrected chi connectivity index (χ4v) is 6.98. The largest absolute Gasteiger partial charge is 0.485 e. The van der Waals surface area contributed by atoms with Gasteiger partial charge in [0, 0.05) is 25.0 Å². The lowest BCUT2D eigenvalue weighted by Gasteiger charge is -2.35. The molecule has 45 heavy (non-hydrogen) atoms. The number of nitrogens with zero attached hydrogens (tertiary/aromatic N) is 3. The number of benzene rings is 1. The van der Waals surface area contributed by atoms with Crippen molar-refractivity contribution in [1.82, 2.24) is 14.5 Å². The van der Waals surface area contributed by atoms with E-state index in [1.54, 1.807) is 6.92 Å². The molecule has 2 heterocycles. The van der Waals surface area contributed by atoms with E-state index in [1.165, 1.54) is 23.0 Å². The molecule has 1 aromatic heterocycles. The second kappa shape index (κ2) is 12.5. The van der Waals surface area contributed by atoms with E-state index in [9.17, 15) is 39.6 Å². The number of carbonyl (C=O) groups excluding carboxylic acids is 2. The number of esters is 1. The van der Waals surface area contributed by atoms with E-state index < -0.39 is 79.2 Å². The molecule has 0 spiro atoms. The van der Waals surface area contributed by atoms with E-state index in [0.717, 1.165) is 17.5 Å². The van der Waals surface area contributed by atoms with Gasteiger partial charge in [0.25, 0.3) is 15.9 Å². The minimum Gasteiger partial charge on any atom is -0.485 e. The standard InChI is InChI=1S/C25H32F3N5O10S2/c1-5-32-13-20(22(31-32)41-14-21(34)40-4)45(38,39)33-12-16(11-29-44(36,37)17-7-8-17)42-19-9-6-15(10-18(19)33)30-23(35)43-24(2,3)25(26,27)28/h6,9-10,13,16-17,29H,5,7-8,11-12,14H2,1-4H3,(H,30,35). The lowest BCUT2D eigenvalue weighted by molar-refractivity contribution is -0.242. The lowest BCUT2D eigenvalue weighted by Crippen LogP contribution is -2.48. The molecule has 2 aliphatic rings. The van der Waals surface area contributed by atoms with Crippen molar-refractivity contribution < 1.29 is 58.5 Å². The van der Waals surface area contributed by atoms with Crippen LogP contribution in [0.15, 0.2) is 29.3 Å². The topological polar surface area (TPSA) is 184 Å². The molecule has 1 aliphatic heterocycles. The van der Waals surface area contributed by atoms with Gasteiger partial charge in [0.05, 0.1) is 24.6 Å². The van der Waals surface area contributed by atoms with Crippen LogP contribution in [-0.2, 0) is 40.9 Å². The number of carbonyl (C=O) groups is 2. The molecule has 0 saturated heterocycles. The molecule has 1 unspecified atom stereocenters. The van der Waals surface area contributed by atoms with Gasteiger partial charge in [-0.2, -0.15) is 13.2 Å². The molecular weight excluding hydrogens is 651 g/mol. The van der Waals surface area contributed by atoms with Crippen LogP contribution in [0.1, 0.15) is 33.6 Å². The van der Waals surface area contributed by atoms with E-state index in [2.05, 4.69) is 24.6 Å². The molecule has 2 aromatic rings. The molecule has 0 bridgehead atoms. The van der Waals surface area contributed by atoms with Crippen LogP contribution in [0.4, 0.5) is 29.3 Å². The third-order valence-electron chi connectivity index (χ3n) is 6.79. The molecule has 1 saturated carbocycles. The predicted octanol–water partition coefficient (Wildman–Crippen LogP) is 2.38. The Morgan fingerprint density at radius 3 is 2.44 bits per heavy atom. The van der Waals surface area contributed by atoms with E-state index in [1.807, 2.05) is 0 Å². The fraction of sp³-hybridized carbons (Fsp3) is 0.560. The quantitative estimate of drug-likeness (QED) is 0.313. The first-order valence-corrected chi connectivity index (χ1v) is 16.5. The number of aromatic nitrogens is 2. The number of ether oxygens (including phenoxy) is 4. The van der Waals surface area contributed by atoms with Gasteiger partial charge in [0.2, 0.25) is 15.6 Å². The van der Waals surface area contributed by atoms with E-state index in [0.29, 0.717) is 26.7 Å². The molecule has 1 amide bonds. The molecule has 250 valence electrons. The number of aryl methyl sites for hydroxylation is 1. The summed E-state index contributed by atoms with van der Waals surface area (Å²) in [6.45, 7) is 1.84. The van der Waals surface area contributed by atoms with Crippen LogP contribution in [0.2, 0.25) is 0 Å². The smallest absolute Gasteiger partial charge is 0.427 e. The van der Waals surface area contributed by atoms with Gasteiger partial charge < -0.3 is 18.9 Å². The summed E-state index contributed by atoms with van der Waals surface area (Å²) in [5, 5.41) is 5.68. The van der Waals surface area contributed by atoms with Gasteiger partial charge in [0.15, 0.2) is 11.5 Å². The molecule has 1 aromatic carbocycles. The second-order valence-corrected chi connectivity index (χ2v) is 14.5. The SMILES string of the molecule is CCn1cc(S(=O)(=O)N2CC(CNS(=O)(=O)C3CC3)Oc3ccc(NC(=O)OC(C)(C)C(F)(F)F)cc32)c(OCC(=O)OC)n1. The Kier molecular flexibility index (Phi) is 9.51. The van der Waals surface area contributed by atoms with E-state index in [-0.39, 0.29) is 30.2 Å². The van der Waals surface area contributed by atoms with Crippen LogP contribution in [0.5, 0.6) is 11.6 Å².